The van der Waals surface area contributed by atoms with E-state index in [1.165, 1.54) is 12.8 Å². The maximum atomic E-state index is 4.23. The number of para-hydroxylation sites is 2. The minimum atomic E-state index is 0.484. The molecule has 0 aliphatic rings. The largest absolute Gasteiger partial charge is 0.383 e. The molecule has 0 saturated carbocycles. The summed E-state index contributed by atoms with van der Waals surface area (Å²) in [5.74, 6) is 0. The molecule has 1 aromatic heterocycles. The highest BCUT2D eigenvalue weighted by molar-refractivity contribution is 7.80. The fraction of sp³-hybridized carbons (Fsp3) is 0.417. The number of tetrazole rings is 1. The lowest BCUT2D eigenvalue weighted by Gasteiger charge is -2.11. The molecule has 2 rings (SSSR count). The first kappa shape index (κ1) is 12.9. The van der Waals surface area contributed by atoms with Crippen molar-refractivity contribution in [2.45, 2.75) is 31.3 Å². The number of hydrogen-bond donors (Lipinski definition) is 2. The van der Waals surface area contributed by atoms with E-state index in [0.717, 1.165) is 24.3 Å². The fourth-order valence-electron chi connectivity index (χ4n) is 1.74. The van der Waals surface area contributed by atoms with E-state index < -0.39 is 0 Å². The zero-order valence-corrected chi connectivity index (χ0v) is 11.3. The molecular weight excluding hydrogens is 246 g/mol. The van der Waals surface area contributed by atoms with Crippen LogP contribution >= 0.6 is 12.6 Å². The fourth-order valence-corrected chi connectivity index (χ4v) is 1.93. The van der Waals surface area contributed by atoms with Crippen LogP contribution in [-0.2, 0) is 0 Å². The normalized spacial score (nSPS) is 10.6. The first-order chi connectivity index (χ1) is 8.83. The van der Waals surface area contributed by atoms with E-state index in [1.54, 1.807) is 4.68 Å². The van der Waals surface area contributed by atoms with Gasteiger partial charge in [0.2, 0.25) is 5.16 Å². The summed E-state index contributed by atoms with van der Waals surface area (Å²) in [7, 11) is 0. The smallest absolute Gasteiger partial charge is 0.211 e. The van der Waals surface area contributed by atoms with Gasteiger partial charge in [-0.15, -0.1) is 17.7 Å². The molecule has 0 saturated heterocycles. The lowest BCUT2D eigenvalue weighted by Crippen LogP contribution is -2.07. The predicted molar refractivity (Wildman–Crippen MR) is 74.4 cm³/mol. The number of benzene rings is 1. The van der Waals surface area contributed by atoms with Crippen molar-refractivity contribution in [1.29, 1.82) is 0 Å². The van der Waals surface area contributed by atoms with E-state index in [0.29, 0.717) is 5.16 Å². The number of nitrogens with one attached hydrogen (secondary N) is 1. The Morgan fingerprint density at radius 1 is 1.28 bits per heavy atom. The van der Waals surface area contributed by atoms with Crippen LogP contribution in [0.1, 0.15) is 26.2 Å². The Morgan fingerprint density at radius 2 is 2.11 bits per heavy atom. The molecule has 0 fully saturated rings. The van der Waals surface area contributed by atoms with Crippen molar-refractivity contribution in [3.05, 3.63) is 24.3 Å². The number of rotatable bonds is 6. The summed E-state index contributed by atoms with van der Waals surface area (Å²) in [6, 6.07) is 7.95. The van der Waals surface area contributed by atoms with Crippen LogP contribution < -0.4 is 5.32 Å². The van der Waals surface area contributed by atoms with Gasteiger partial charge in [0.05, 0.1) is 11.4 Å². The zero-order valence-electron chi connectivity index (χ0n) is 10.4. The number of thiol groups is 1. The minimum absolute atomic E-state index is 0.484. The summed E-state index contributed by atoms with van der Waals surface area (Å²) in [5, 5.41) is 15.2. The van der Waals surface area contributed by atoms with Crippen LogP contribution in [0.25, 0.3) is 5.69 Å². The van der Waals surface area contributed by atoms with Gasteiger partial charge in [-0.1, -0.05) is 31.9 Å². The predicted octanol–water partition coefficient (Wildman–Crippen LogP) is 2.55. The van der Waals surface area contributed by atoms with Crippen molar-refractivity contribution < 1.29 is 0 Å². The van der Waals surface area contributed by atoms with E-state index in [9.17, 15) is 0 Å². The van der Waals surface area contributed by atoms with E-state index in [-0.39, 0.29) is 0 Å². The summed E-state index contributed by atoms with van der Waals surface area (Å²) < 4.78 is 1.62. The van der Waals surface area contributed by atoms with Gasteiger partial charge in [0.1, 0.15) is 0 Å². The monoisotopic (exact) mass is 263 g/mol. The second kappa shape index (κ2) is 6.39. The molecule has 0 atom stereocenters. The summed E-state index contributed by atoms with van der Waals surface area (Å²) >= 11 is 4.23. The van der Waals surface area contributed by atoms with Crippen molar-refractivity contribution in [2.75, 3.05) is 11.9 Å². The topological polar surface area (TPSA) is 55.6 Å². The van der Waals surface area contributed by atoms with Crippen LogP contribution in [0.3, 0.4) is 0 Å². The Morgan fingerprint density at radius 3 is 2.83 bits per heavy atom. The maximum Gasteiger partial charge on any atom is 0.211 e. The van der Waals surface area contributed by atoms with E-state index >= 15 is 0 Å². The highest BCUT2D eigenvalue weighted by Gasteiger charge is 2.08. The Hall–Kier alpha value is -1.56. The standard InChI is InChI=1S/C12H17N5S/c1-2-3-6-9-13-10-7-4-5-8-11(10)17-12(18)14-15-16-17/h4-5,7-8,13H,2-3,6,9H2,1H3,(H,14,16,18). The number of anilines is 1. The van der Waals surface area contributed by atoms with Gasteiger partial charge in [-0.05, 0) is 29.0 Å². The van der Waals surface area contributed by atoms with Crippen molar-refractivity contribution in [3.63, 3.8) is 0 Å². The minimum Gasteiger partial charge on any atom is -0.383 e. The average molecular weight is 263 g/mol. The average Bonchev–Trinajstić information content (AvgIpc) is 2.81. The Bertz CT molecular complexity index is 497. The van der Waals surface area contributed by atoms with Crippen LogP contribution in [0.2, 0.25) is 0 Å². The van der Waals surface area contributed by atoms with Crippen LogP contribution in [0, 0.1) is 0 Å². The molecule has 5 nitrogen and oxygen atoms in total. The molecule has 0 bridgehead atoms. The third-order valence-electron chi connectivity index (χ3n) is 2.68. The van der Waals surface area contributed by atoms with Gasteiger partial charge in [0.25, 0.3) is 0 Å². The Kier molecular flexibility index (Phi) is 4.58. The molecule has 0 unspecified atom stereocenters. The Labute approximate surface area is 112 Å². The van der Waals surface area contributed by atoms with E-state index in [4.69, 9.17) is 0 Å². The first-order valence-corrected chi connectivity index (χ1v) is 6.58. The molecular formula is C12H17N5S. The molecule has 18 heavy (non-hydrogen) atoms. The number of unbranched alkanes of at least 4 members (excludes halogenated alkanes) is 2. The van der Waals surface area contributed by atoms with Gasteiger partial charge in [-0.2, -0.15) is 4.68 Å². The Balaban J connectivity index is 2.13. The molecule has 1 N–H and O–H groups in total. The molecule has 0 aliphatic carbocycles. The van der Waals surface area contributed by atoms with Gasteiger partial charge >= 0.3 is 0 Å². The molecule has 0 aliphatic heterocycles. The highest BCUT2D eigenvalue weighted by Crippen LogP contribution is 2.20. The molecule has 96 valence electrons. The molecule has 0 amide bonds. The second-order valence-corrected chi connectivity index (χ2v) is 4.44. The van der Waals surface area contributed by atoms with Crippen molar-refractivity contribution in [3.8, 4) is 5.69 Å². The van der Waals surface area contributed by atoms with Crippen LogP contribution in [0.15, 0.2) is 29.4 Å². The third kappa shape index (κ3) is 3.01. The summed E-state index contributed by atoms with van der Waals surface area (Å²) in [6.07, 6.45) is 3.61. The molecule has 0 spiro atoms. The summed E-state index contributed by atoms with van der Waals surface area (Å²) in [6.45, 7) is 3.15. The van der Waals surface area contributed by atoms with Crippen molar-refractivity contribution in [2.24, 2.45) is 0 Å². The van der Waals surface area contributed by atoms with Crippen LogP contribution in [-0.4, -0.2) is 26.8 Å². The van der Waals surface area contributed by atoms with Crippen LogP contribution in [0.4, 0.5) is 5.69 Å². The molecule has 1 aromatic carbocycles. The molecule has 1 heterocycles. The maximum absolute atomic E-state index is 4.23. The number of aromatic nitrogens is 4. The SMILES string of the molecule is CCCCCNc1ccccc1-n1nnnc1S. The second-order valence-electron chi connectivity index (χ2n) is 4.04. The van der Waals surface area contributed by atoms with Gasteiger partial charge < -0.3 is 5.32 Å². The van der Waals surface area contributed by atoms with Gasteiger partial charge in [0, 0.05) is 6.54 Å². The number of hydrogen-bond acceptors (Lipinski definition) is 5. The lowest BCUT2D eigenvalue weighted by atomic mass is 10.2. The van der Waals surface area contributed by atoms with Crippen molar-refractivity contribution in [1.82, 2.24) is 20.2 Å². The van der Waals surface area contributed by atoms with Gasteiger partial charge in [0.15, 0.2) is 0 Å². The molecule has 2 aromatic rings. The van der Waals surface area contributed by atoms with E-state index in [2.05, 4.69) is 40.4 Å². The summed E-state index contributed by atoms with van der Waals surface area (Å²) in [5.41, 5.74) is 1.94. The van der Waals surface area contributed by atoms with Crippen LogP contribution in [0.5, 0.6) is 0 Å². The quantitative estimate of drug-likeness (QED) is 0.621. The zero-order chi connectivity index (χ0) is 12.8. The summed E-state index contributed by atoms with van der Waals surface area (Å²) in [4.78, 5) is 0. The highest BCUT2D eigenvalue weighted by atomic mass is 32.1. The third-order valence-corrected chi connectivity index (χ3v) is 2.96. The van der Waals surface area contributed by atoms with Crippen molar-refractivity contribution >= 4 is 18.3 Å². The first-order valence-electron chi connectivity index (χ1n) is 6.13. The number of nitrogens with zero attached hydrogens (tertiary/aromatic N) is 4. The molecule has 0 radical (unpaired) electrons. The van der Waals surface area contributed by atoms with Gasteiger partial charge in [-0.3, -0.25) is 0 Å². The molecule has 6 heteroatoms. The van der Waals surface area contributed by atoms with E-state index in [1.807, 2.05) is 24.3 Å². The lowest BCUT2D eigenvalue weighted by molar-refractivity contribution is 0.737. The van der Waals surface area contributed by atoms with Gasteiger partial charge in [-0.25, -0.2) is 0 Å².